The van der Waals surface area contributed by atoms with Crippen LogP contribution in [0.3, 0.4) is 0 Å². The van der Waals surface area contributed by atoms with E-state index >= 15 is 0 Å². The van der Waals surface area contributed by atoms with Crippen LogP contribution in [-0.4, -0.2) is 8.42 Å². The normalized spacial score (nSPS) is 12.0. The Morgan fingerprint density at radius 1 is 1.05 bits per heavy atom. The highest BCUT2D eigenvalue weighted by Crippen LogP contribution is 2.22. The highest BCUT2D eigenvalue weighted by Gasteiger charge is 2.08. The van der Waals surface area contributed by atoms with E-state index in [1.165, 1.54) is 36.4 Å². The fraction of sp³-hybridized carbons (Fsp3) is 0.0667. The summed E-state index contributed by atoms with van der Waals surface area (Å²) >= 11 is 11.7. The average Bonchev–Trinajstić information content (AvgIpc) is 2.40. The third-order valence-corrected chi connectivity index (χ3v) is 4.55. The second-order valence-electron chi connectivity index (χ2n) is 4.40. The summed E-state index contributed by atoms with van der Waals surface area (Å²) in [4.78, 5) is 0. The van der Waals surface area contributed by atoms with Gasteiger partial charge in [0.1, 0.15) is 5.82 Å². The Hall–Kier alpha value is -1.36. The maximum absolute atomic E-state index is 12.8. The molecule has 2 aromatic carbocycles. The van der Waals surface area contributed by atoms with Crippen molar-refractivity contribution in [2.75, 3.05) is 0 Å². The van der Waals surface area contributed by atoms with Gasteiger partial charge in [-0.2, -0.15) is 0 Å². The lowest BCUT2D eigenvalue weighted by atomic mass is 10.2. The van der Waals surface area contributed by atoms with Crippen LogP contribution < -0.4 is 0 Å². The Kier molecular flexibility index (Phi) is 5.04. The molecule has 2 aromatic rings. The molecule has 0 radical (unpaired) electrons. The SMILES string of the molecule is O=S(=O)(/C=C\c1ccc(Cl)cc1Cl)Cc1ccc(F)cc1. The van der Waals surface area contributed by atoms with E-state index in [2.05, 4.69) is 0 Å². The van der Waals surface area contributed by atoms with Crippen molar-refractivity contribution in [3.63, 3.8) is 0 Å². The third kappa shape index (κ3) is 4.84. The quantitative estimate of drug-likeness (QED) is 0.804. The van der Waals surface area contributed by atoms with Gasteiger partial charge in [-0.15, -0.1) is 0 Å². The van der Waals surface area contributed by atoms with Gasteiger partial charge in [-0.1, -0.05) is 41.4 Å². The molecule has 0 fully saturated rings. The Labute approximate surface area is 132 Å². The van der Waals surface area contributed by atoms with E-state index in [1.54, 1.807) is 12.1 Å². The molecular formula is C15H11Cl2FO2S. The predicted octanol–water partition coefficient (Wildman–Crippen LogP) is 4.72. The van der Waals surface area contributed by atoms with E-state index in [0.29, 0.717) is 21.2 Å². The molecule has 2 rings (SSSR count). The first kappa shape index (κ1) is 16.0. The van der Waals surface area contributed by atoms with Crippen LogP contribution in [0.15, 0.2) is 47.9 Å². The lowest BCUT2D eigenvalue weighted by Crippen LogP contribution is -2.00. The molecule has 0 aliphatic carbocycles. The van der Waals surface area contributed by atoms with E-state index in [4.69, 9.17) is 23.2 Å². The fourth-order valence-corrected chi connectivity index (χ4v) is 3.25. The van der Waals surface area contributed by atoms with Crippen molar-refractivity contribution in [2.24, 2.45) is 0 Å². The van der Waals surface area contributed by atoms with Gasteiger partial charge < -0.3 is 0 Å². The Morgan fingerprint density at radius 2 is 1.71 bits per heavy atom. The molecule has 0 aliphatic heterocycles. The second kappa shape index (κ2) is 6.60. The van der Waals surface area contributed by atoms with E-state index in [9.17, 15) is 12.8 Å². The molecule has 0 saturated carbocycles. The topological polar surface area (TPSA) is 34.1 Å². The van der Waals surface area contributed by atoms with Crippen LogP contribution in [0.5, 0.6) is 0 Å². The molecule has 0 bridgehead atoms. The highest BCUT2D eigenvalue weighted by molar-refractivity contribution is 7.93. The molecule has 0 atom stereocenters. The molecule has 0 amide bonds. The van der Waals surface area contributed by atoms with Crippen molar-refractivity contribution in [3.8, 4) is 0 Å². The van der Waals surface area contributed by atoms with Crippen LogP contribution in [0.2, 0.25) is 10.0 Å². The van der Waals surface area contributed by atoms with E-state index in [1.807, 2.05) is 0 Å². The Balaban J connectivity index is 2.16. The average molecular weight is 345 g/mol. The highest BCUT2D eigenvalue weighted by atomic mass is 35.5. The summed E-state index contributed by atoms with van der Waals surface area (Å²) in [5.74, 6) is -0.603. The first-order valence-electron chi connectivity index (χ1n) is 5.96. The van der Waals surface area contributed by atoms with Crippen LogP contribution in [0.4, 0.5) is 4.39 Å². The molecule has 2 nitrogen and oxygen atoms in total. The molecule has 0 spiro atoms. The summed E-state index contributed by atoms with van der Waals surface area (Å²) in [6, 6.07) is 10.1. The molecule has 110 valence electrons. The van der Waals surface area contributed by atoms with Gasteiger partial charge in [-0.25, -0.2) is 12.8 Å². The van der Waals surface area contributed by atoms with Crippen molar-refractivity contribution in [2.45, 2.75) is 5.75 Å². The van der Waals surface area contributed by atoms with Gasteiger partial charge in [-0.3, -0.25) is 0 Å². The molecule has 0 aromatic heterocycles. The zero-order chi connectivity index (χ0) is 15.5. The fourth-order valence-electron chi connectivity index (χ4n) is 1.67. The number of halogens is 3. The smallest absolute Gasteiger partial charge is 0.175 e. The summed E-state index contributed by atoms with van der Waals surface area (Å²) < 4.78 is 36.8. The molecule has 6 heteroatoms. The standard InChI is InChI=1S/C15H11Cl2FO2S/c16-13-4-3-12(15(17)9-13)7-8-21(19,20)10-11-1-5-14(18)6-2-11/h1-9H,10H2/b8-7-. The first-order chi connectivity index (χ1) is 9.85. The molecule has 0 saturated heterocycles. The van der Waals surface area contributed by atoms with Crippen LogP contribution in [-0.2, 0) is 15.6 Å². The minimum absolute atomic E-state index is 0.199. The Morgan fingerprint density at radius 3 is 2.33 bits per heavy atom. The molecule has 21 heavy (non-hydrogen) atoms. The zero-order valence-corrected chi connectivity index (χ0v) is 13.1. The summed E-state index contributed by atoms with van der Waals surface area (Å²) in [6.45, 7) is 0. The summed E-state index contributed by atoms with van der Waals surface area (Å²) in [5.41, 5.74) is 1.08. The monoisotopic (exact) mass is 344 g/mol. The molecule has 0 unspecified atom stereocenters. The summed E-state index contributed by atoms with van der Waals surface area (Å²) in [7, 11) is -3.47. The van der Waals surface area contributed by atoms with Gasteiger partial charge in [0.15, 0.2) is 9.84 Å². The molecular weight excluding hydrogens is 334 g/mol. The predicted molar refractivity (Wildman–Crippen MR) is 84.5 cm³/mol. The van der Waals surface area contributed by atoms with E-state index in [-0.39, 0.29) is 5.75 Å². The largest absolute Gasteiger partial charge is 0.224 e. The minimum atomic E-state index is -3.47. The maximum Gasteiger partial charge on any atom is 0.175 e. The Bertz CT molecular complexity index is 769. The van der Waals surface area contributed by atoms with Crippen LogP contribution in [0.1, 0.15) is 11.1 Å². The number of benzene rings is 2. The first-order valence-corrected chi connectivity index (χ1v) is 8.43. The van der Waals surface area contributed by atoms with Crippen molar-refractivity contribution in [1.82, 2.24) is 0 Å². The number of sulfone groups is 1. The van der Waals surface area contributed by atoms with Gasteiger partial charge in [0, 0.05) is 15.5 Å². The van der Waals surface area contributed by atoms with E-state index in [0.717, 1.165) is 5.41 Å². The number of rotatable bonds is 4. The van der Waals surface area contributed by atoms with Gasteiger partial charge in [-0.05, 0) is 41.5 Å². The number of hydrogen-bond donors (Lipinski definition) is 0. The molecule has 0 heterocycles. The third-order valence-electron chi connectivity index (χ3n) is 2.70. The molecule has 0 aliphatic rings. The van der Waals surface area contributed by atoms with Gasteiger partial charge in [0.2, 0.25) is 0 Å². The van der Waals surface area contributed by atoms with Gasteiger partial charge in [0.25, 0.3) is 0 Å². The van der Waals surface area contributed by atoms with Gasteiger partial charge in [0.05, 0.1) is 5.75 Å². The van der Waals surface area contributed by atoms with Crippen molar-refractivity contribution in [3.05, 3.63) is 74.9 Å². The lowest BCUT2D eigenvalue weighted by Gasteiger charge is -2.01. The van der Waals surface area contributed by atoms with Crippen LogP contribution in [0.25, 0.3) is 6.08 Å². The summed E-state index contributed by atoms with van der Waals surface area (Å²) in [6.07, 6.45) is 1.41. The lowest BCUT2D eigenvalue weighted by molar-refractivity contribution is 0.603. The van der Waals surface area contributed by atoms with Crippen molar-refractivity contribution < 1.29 is 12.8 Å². The maximum atomic E-state index is 12.8. The minimum Gasteiger partial charge on any atom is -0.224 e. The van der Waals surface area contributed by atoms with Gasteiger partial charge >= 0.3 is 0 Å². The molecule has 0 N–H and O–H groups in total. The van der Waals surface area contributed by atoms with Crippen molar-refractivity contribution in [1.29, 1.82) is 0 Å². The summed E-state index contributed by atoms with van der Waals surface area (Å²) in [5, 5.41) is 1.94. The van der Waals surface area contributed by atoms with Crippen molar-refractivity contribution >= 4 is 39.1 Å². The van der Waals surface area contributed by atoms with E-state index < -0.39 is 15.7 Å². The van der Waals surface area contributed by atoms with Crippen LogP contribution in [0, 0.1) is 5.82 Å². The van der Waals surface area contributed by atoms with Crippen LogP contribution >= 0.6 is 23.2 Å². The number of hydrogen-bond acceptors (Lipinski definition) is 2. The zero-order valence-electron chi connectivity index (χ0n) is 10.8. The second-order valence-corrected chi connectivity index (χ2v) is 7.13.